The molecule has 0 atom stereocenters. The molecule has 0 spiro atoms. The van der Waals surface area contributed by atoms with E-state index < -0.39 is 0 Å². The number of aromatic nitrogens is 4. The molecule has 0 bridgehead atoms. The Morgan fingerprint density at radius 1 is 1.14 bits per heavy atom. The van der Waals surface area contributed by atoms with E-state index in [1.807, 2.05) is 37.5 Å². The van der Waals surface area contributed by atoms with Gasteiger partial charge in [-0.25, -0.2) is 9.37 Å². The molecule has 2 aromatic carbocycles. The first-order chi connectivity index (χ1) is 16.9. The van der Waals surface area contributed by atoms with Crippen LogP contribution < -0.4 is 9.64 Å². The Balaban J connectivity index is 1.64. The van der Waals surface area contributed by atoms with Gasteiger partial charge in [0.1, 0.15) is 11.6 Å². The van der Waals surface area contributed by atoms with Gasteiger partial charge in [-0.05, 0) is 61.5 Å². The quantitative estimate of drug-likeness (QED) is 0.349. The summed E-state index contributed by atoms with van der Waals surface area (Å²) < 4.78 is 26.0. The average Bonchev–Trinajstić information content (AvgIpc) is 3.47. The van der Waals surface area contributed by atoms with Crippen molar-refractivity contribution in [3.05, 3.63) is 89.6 Å². The summed E-state index contributed by atoms with van der Waals surface area (Å²) in [6.07, 6.45) is 3.53. The average molecular weight is 471 g/mol. The van der Waals surface area contributed by atoms with Gasteiger partial charge in [0.15, 0.2) is 0 Å². The number of amides is 1. The summed E-state index contributed by atoms with van der Waals surface area (Å²) in [5.41, 5.74) is 3.92. The van der Waals surface area contributed by atoms with Gasteiger partial charge in [0.25, 0.3) is 11.6 Å². The van der Waals surface area contributed by atoms with E-state index >= 15 is 0 Å². The van der Waals surface area contributed by atoms with E-state index in [1.165, 1.54) is 12.1 Å². The standard InChI is InChI=1S/C26H22FN5O3/c1-16-24-22(12-23(29-25(24)35-30-16)18-4-10-21(34-3)11-5-18)26(33)32(15-17-13-28-31(2)14-17)20-8-6-19(27)7-9-20/h4-14H,15H2,1-3H3. The number of anilines is 1. The van der Waals surface area contributed by atoms with Crippen molar-refractivity contribution in [2.75, 3.05) is 12.0 Å². The summed E-state index contributed by atoms with van der Waals surface area (Å²) in [5, 5.41) is 8.78. The van der Waals surface area contributed by atoms with E-state index in [1.54, 1.807) is 48.0 Å². The summed E-state index contributed by atoms with van der Waals surface area (Å²) in [4.78, 5) is 20.2. The van der Waals surface area contributed by atoms with Crippen molar-refractivity contribution in [2.24, 2.45) is 7.05 Å². The summed E-state index contributed by atoms with van der Waals surface area (Å²) in [5.74, 6) is 0.0278. The normalized spacial score (nSPS) is 11.1. The third kappa shape index (κ3) is 4.35. The molecule has 0 aliphatic rings. The number of carbonyl (C=O) groups excluding carboxylic acids is 1. The van der Waals surface area contributed by atoms with Gasteiger partial charge in [-0.15, -0.1) is 0 Å². The molecular formula is C26H22FN5O3. The Labute approximate surface area is 200 Å². The first-order valence-electron chi connectivity index (χ1n) is 10.9. The number of methoxy groups -OCH3 is 1. The molecule has 3 aromatic heterocycles. The van der Waals surface area contributed by atoms with Gasteiger partial charge in [-0.1, -0.05) is 5.16 Å². The lowest BCUT2D eigenvalue weighted by Gasteiger charge is -2.23. The van der Waals surface area contributed by atoms with Crippen LogP contribution >= 0.6 is 0 Å². The monoisotopic (exact) mass is 471 g/mol. The van der Waals surface area contributed by atoms with Gasteiger partial charge in [0.2, 0.25) is 0 Å². The summed E-state index contributed by atoms with van der Waals surface area (Å²) >= 11 is 0. The number of aryl methyl sites for hydroxylation is 2. The Bertz CT molecular complexity index is 1510. The molecule has 176 valence electrons. The first kappa shape index (κ1) is 22.3. The second-order valence-corrected chi connectivity index (χ2v) is 8.12. The number of hydrogen-bond donors (Lipinski definition) is 0. The zero-order valence-corrected chi connectivity index (χ0v) is 19.4. The van der Waals surface area contributed by atoms with Crippen molar-refractivity contribution in [3.8, 4) is 17.0 Å². The fourth-order valence-electron chi connectivity index (χ4n) is 3.96. The second-order valence-electron chi connectivity index (χ2n) is 8.12. The number of halogens is 1. The van der Waals surface area contributed by atoms with Crippen LogP contribution in [0.3, 0.4) is 0 Å². The van der Waals surface area contributed by atoms with Crippen LogP contribution in [0.15, 0.2) is 71.5 Å². The molecule has 0 radical (unpaired) electrons. The predicted molar refractivity (Wildman–Crippen MR) is 129 cm³/mol. The molecule has 5 rings (SSSR count). The lowest BCUT2D eigenvalue weighted by atomic mass is 10.0. The van der Waals surface area contributed by atoms with Gasteiger partial charge in [-0.2, -0.15) is 5.10 Å². The first-order valence-corrected chi connectivity index (χ1v) is 10.9. The van der Waals surface area contributed by atoms with Crippen LogP contribution in [0, 0.1) is 12.7 Å². The number of ether oxygens (including phenoxy) is 1. The minimum atomic E-state index is -0.384. The number of rotatable bonds is 6. The summed E-state index contributed by atoms with van der Waals surface area (Å²) in [6.45, 7) is 2.00. The number of fused-ring (bicyclic) bond motifs is 1. The van der Waals surface area contributed by atoms with E-state index in [-0.39, 0.29) is 24.0 Å². The van der Waals surface area contributed by atoms with Gasteiger partial charge in [-0.3, -0.25) is 9.48 Å². The lowest BCUT2D eigenvalue weighted by molar-refractivity contribution is 0.0986. The molecule has 0 aliphatic heterocycles. The molecule has 0 aliphatic carbocycles. The largest absolute Gasteiger partial charge is 0.497 e. The van der Waals surface area contributed by atoms with E-state index in [0.29, 0.717) is 33.8 Å². The Morgan fingerprint density at radius 3 is 2.54 bits per heavy atom. The van der Waals surface area contributed by atoms with Gasteiger partial charge >= 0.3 is 0 Å². The topological polar surface area (TPSA) is 86.3 Å². The number of hydrogen-bond acceptors (Lipinski definition) is 6. The SMILES string of the molecule is COc1ccc(-c2cc(C(=O)N(Cc3cnn(C)c3)c3ccc(F)cc3)c3c(C)noc3n2)cc1. The molecule has 35 heavy (non-hydrogen) atoms. The van der Waals surface area contributed by atoms with Crippen LogP contribution in [0.5, 0.6) is 5.75 Å². The van der Waals surface area contributed by atoms with Crippen LogP contribution in [-0.2, 0) is 13.6 Å². The van der Waals surface area contributed by atoms with E-state index in [0.717, 1.165) is 11.1 Å². The van der Waals surface area contributed by atoms with E-state index in [9.17, 15) is 9.18 Å². The molecule has 0 fully saturated rings. The summed E-state index contributed by atoms with van der Waals surface area (Å²) in [7, 11) is 3.40. The lowest BCUT2D eigenvalue weighted by Crippen LogP contribution is -2.30. The van der Waals surface area contributed by atoms with Crippen molar-refractivity contribution in [2.45, 2.75) is 13.5 Å². The third-order valence-corrected chi connectivity index (χ3v) is 5.72. The highest BCUT2D eigenvalue weighted by molar-refractivity contribution is 6.14. The van der Waals surface area contributed by atoms with E-state index in [4.69, 9.17) is 9.26 Å². The van der Waals surface area contributed by atoms with Gasteiger partial charge in [0, 0.05) is 30.1 Å². The minimum absolute atomic E-state index is 0.240. The van der Waals surface area contributed by atoms with Crippen molar-refractivity contribution in [1.29, 1.82) is 0 Å². The van der Waals surface area contributed by atoms with Crippen LogP contribution in [0.4, 0.5) is 10.1 Å². The molecule has 3 heterocycles. The number of carbonyl (C=O) groups is 1. The van der Waals surface area contributed by atoms with Crippen LogP contribution in [0.2, 0.25) is 0 Å². The maximum absolute atomic E-state index is 14.1. The number of benzene rings is 2. The van der Waals surface area contributed by atoms with Crippen molar-refractivity contribution in [1.82, 2.24) is 19.9 Å². The Morgan fingerprint density at radius 2 is 1.89 bits per heavy atom. The highest BCUT2D eigenvalue weighted by Crippen LogP contribution is 2.30. The van der Waals surface area contributed by atoms with Crippen LogP contribution in [-0.4, -0.2) is 32.9 Å². The van der Waals surface area contributed by atoms with E-state index in [2.05, 4.69) is 15.2 Å². The van der Waals surface area contributed by atoms with Gasteiger partial charge < -0.3 is 14.2 Å². The van der Waals surface area contributed by atoms with Crippen molar-refractivity contribution < 1.29 is 18.4 Å². The van der Waals surface area contributed by atoms with Crippen LogP contribution in [0.1, 0.15) is 21.6 Å². The molecule has 5 aromatic rings. The highest BCUT2D eigenvalue weighted by Gasteiger charge is 2.25. The van der Waals surface area contributed by atoms with Gasteiger partial charge in [0.05, 0.1) is 42.2 Å². The zero-order chi connectivity index (χ0) is 24.5. The minimum Gasteiger partial charge on any atom is -0.497 e. The smallest absolute Gasteiger partial charge is 0.259 e. The zero-order valence-electron chi connectivity index (χ0n) is 19.4. The van der Waals surface area contributed by atoms with Crippen molar-refractivity contribution in [3.63, 3.8) is 0 Å². The Hall–Kier alpha value is -4.53. The molecule has 9 heteroatoms. The van der Waals surface area contributed by atoms with Crippen LogP contribution in [0.25, 0.3) is 22.4 Å². The molecule has 0 unspecified atom stereocenters. The maximum atomic E-state index is 14.1. The van der Waals surface area contributed by atoms with Crippen molar-refractivity contribution >= 4 is 22.7 Å². The molecule has 8 nitrogen and oxygen atoms in total. The third-order valence-electron chi connectivity index (χ3n) is 5.72. The fraction of sp³-hybridized carbons (Fsp3) is 0.154. The second kappa shape index (κ2) is 9.02. The molecule has 1 amide bonds. The highest BCUT2D eigenvalue weighted by atomic mass is 19.1. The number of pyridine rings is 1. The Kier molecular flexibility index (Phi) is 5.74. The predicted octanol–water partition coefficient (Wildman–Crippen LogP) is 4.93. The molecule has 0 saturated carbocycles. The molecule has 0 N–H and O–H groups in total. The molecular weight excluding hydrogens is 449 g/mol. The molecule has 0 saturated heterocycles. The summed E-state index contributed by atoms with van der Waals surface area (Å²) in [6, 6.07) is 14.9. The number of nitrogens with zero attached hydrogens (tertiary/aromatic N) is 5. The fourth-order valence-corrected chi connectivity index (χ4v) is 3.96. The maximum Gasteiger partial charge on any atom is 0.259 e.